The summed E-state index contributed by atoms with van der Waals surface area (Å²) in [4.78, 5) is 12.4. The molecule has 3 nitrogen and oxygen atoms in total. The van der Waals surface area contributed by atoms with Crippen LogP contribution in [0.1, 0.15) is 85.7 Å². The van der Waals surface area contributed by atoms with Crippen molar-refractivity contribution in [1.82, 2.24) is 0 Å². The Balaban J connectivity index is 1.41. The molecule has 2 aliphatic rings. The van der Waals surface area contributed by atoms with E-state index in [0.29, 0.717) is 11.5 Å². The Labute approximate surface area is 188 Å². The fraction of sp³-hybridized carbons (Fsp3) is 0.481. The Morgan fingerprint density at radius 3 is 2.53 bits per heavy atom. The van der Waals surface area contributed by atoms with Gasteiger partial charge in [-0.1, -0.05) is 32.3 Å². The summed E-state index contributed by atoms with van der Waals surface area (Å²) in [6.07, 6.45) is 9.63. The van der Waals surface area contributed by atoms with Gasteiger partial charge in [0, 0.05) is 6.07 Å². The summed E-state index contributed by atoms with van der Waals surface area (Å²) in [5, 5.41) is 8.79. The van der Waals surface area contributed by atoms with E-state index in [1.54, 1.807) is 18.2 Å². The molecule has 2 aromatic carbocycles. The summed E-state index contributed by atoms with van der Waals surface area (Å²) in [6, 6.07) is 9.80. The number of fused-ring (bicyclic) bond motifs is 1. The molecule has 0 heterocycles. The monoisotopic (exact) mass is 437 g/mol. The first-order chi connectivity index (χ1) is 15.5. The Kier molecular flexibility index (Phi) is 6.89. The van der Waals surface area contributed by atoms with Crippen molar-refractivity contribution in [3.8, 4) is 11.8 Å². The molecule has 0 N–H and O–H groups in total. The number of halogens is 2. The van der Waals surface area contributed by atoms with Crippen LogP contribution in [0.5, 0.6) is 5.75 Å². The molecule has 4 rings (SSSR count). The predicted molar refractivity (Wildman–Crippen MR) is 118 cm³/mol. The first-order valence-corrected chi connectivity index (χ1v) is 11.7. The number of esters is 1. The van der Waals surface area contributed by atoms with Crippen molar-refractivity contribution >= 4 is 5.97 Å². The maximum absolute atomic E-state index is 15.0. The van der Waals surface area contributed by atoms with Crippen LogP contribution < -0.4 is 4.74 Å². The van der Waals surface area contributed by atoms with Gasteiger partial charge < -0.3 is 4.74 Å². The molecule has 2 aliphatic carbocycles. The Bertz CT molecular complexity index is 1030. The molecule has 0 aliphatic heterocycles. The number of nitrogens with zero attached hydrogens (tertiary/aromatic N) is 1. The van der Waals surface area contributed by atoms with E-state index in [0.717, 1.165) is 37.2 Å². The summed E-state index contributed by atoms with van der Waals surface area (Å²) >= 11 is 0. The number of benzene rings is 2. The first-order valence-electron chi connectivity index (χ1n) is 11.7. The van der Waals surface area contributed by atoms with E-state index in [9.17, 15) is 13.6 Å². The van der Waals surface area contributed by atoms with Crippen LogP contribution in [0.2, 0.25) is 0 Å². The second-order valence-electron chi connectivity index (χ2n) is 9.38. The van der Waals surface area contributed by atoms with Crippen LogP contribution in [0.3, 0.4) is 0 Å². The third-order valence-corrected chi connectivity index (χ3v) is 7.37. The third kappa shape index (κ3) is 4.85. The topological polar surface area (TPSA) is 50.1 Å². The van der Waals surface area contributed by atoms with E-state index in [4.69, 9.17) is 10.00 Å². The number of hydrogen-bond donors (Lipinski definition) is 0. The van der Waals surface area contributed by atoms with E-state index >= 15 is 0 Å². The molecular weight excluding hydrogens is 408 g/mol. The van der Waals surface area contributed by atoms with Gasteiger partial charge in [0.2, 0.25) is 0 Å². The minimum atomic E-state index is -0.765. The second-order valence-corrected chi connectivity index (χ2v) is 9.38. The predicted octanol–water partition coefficient (Wildman–Crippen LogP) is 7.16. The Hall–Kier alpha value is -2.74. The highest BCUT2D eigenvalue weighted by Gasteiger charge is 2.36. The van der Waals surface area contributed by atoms with Gasteiger partial charge in [-0.2, -0.15) is 5.26 Å². The molecule has 0 radical (unpaired) electrons. The molecule has 0 amide bonds. The van der Waals surface area contributed by atoms with Gasteiger partial charge in [0.25, 0.3) is 0 Å². The van der Waals surface area contributed by atoms with Gasteiger partial charge in [-0.25, -0.2) is 13.6 Å². The zero-order chi connectivity index (χ0) is 22.7. The van der Waals surface area contributed by atoms with E-state index in [2.05, 4.69) is 6.92 Å². The summed E-state index contributed by atoms with van der Waals surface area (Å²) in [7, 11) is 0. The lowest BCUT2D eigenvalue weighted by Crippen LogP contribution is -2.30. The molecule has 2 saturated carbocycles. The maximum Gasteiger partial charge on any atom is 0.343 e. The lowest BCUT2D eigenvalue weighted by molar-refractivity contribution is 0.0733. The van der Waals surface area contributed by atoms with Gasteiger partial charge in [-0.3, -0.25) is 0 Å². The second kappa shape index (κ2) is 9.81. The average molecular weight is 438 g/mol. The molecule has 2 aromatic rings. The van der Waals surface area contributed by atoms with Crippen LogP contribution in [0, 0.1) is 40.7 Å². The van der Waals surface area contributed by atoms with Gasteiger partial charge in [-0.05, 0) is 85.6 Å². The minimum Gasteiger partial charge on any atom is -0.423 e. The summed E-state index contributed by atoms with van der Waals surface area (Å²) in [6.45, 7) is 2.26. The molecule has 5 heteroatoms. The molecule has 2 fully saturated rings. The van der Waals surface area contributed by atoms with Crippen LogP contribution in [-0.4, -0.2) is 5.97 Å². The molecule has 0 aromatic heterocycles. The molecular formula is C27H29F2NO2. The molecule has 32 heavy (non-hydrogen) atoms. The number of ether oxygens (including phenoxy) is 1. The zero-order valence-corrected chi connectivity index (χ0v) is 18.4. The third-order valence-electron chi connectivity index (χ3n) is 7.37. The number of nitriles is 1. The maximum atomic E-state index is 15.0. The lowest BCUT2D eigenvalue weighted by Gasteiger charge is -2.42. The van der Waals surface area contributed by atoms with Gasteiger partial charge in [-0.15, -0.1) is 0 Å². The SMILES string of the molecule is CCC[C@H]1CC[C@@H]2CC(c3ccc(C(=O)Oc4ccc(C#N)c(F)c4)cc3F)CC[C@H]2C1. The number of rotatable bonds is 5. The highest BCUT2D eigenvalue weighted by atomic mass is 19.1. The minimum absolute atomic E-state index is 0.0204. The smallest absolute Gasteiger partial charge is 0.343 e. The highest BCUT2D eigenvalue weighted by Crippen LogP contribution is 2.48. The van der Waals surface area contributed by atoms with Crippen molar-refractivity contribution in [2.75, 3.05) is 0 Å². The standard InChI is InChI=1S/C27H29F2NO2/c1-2-3-17-4-5-19-13-20(7-6-18(19)12-17)24-11-9-21(14-26(24)29)27(31)32-23-10-8-22(16-30)25(28)15-23/h8-11,14-15,17-20H,2-7,12-13H2,1H3/t17-,18-,19+,20?/m0/s1. The molecule has 0 spiro atoms. The van der Waals surface area contributed by atoms with Gasteiger partial charge >= 0.3 is 5.97 Å². The quantitative estimate of drug-likeness (QED) is 0.368. The molecule has 1 unspecified atom stereocenters. The van der Waals surface area contributed by atoms with Crippen LogP contribution in [0.15, 0.2) is 36.4 Å². The van der Waals surface area contributed by atoms with Crippen molar-refractivity contribution in [3.05, 3.63) is 64.7 Å². The first kappa shape index (κ1) is 22.5. The van der Waals surface area contributed by atoms with Gasteiger partial charge in [0.05, 0.1) is 11.1 Å². The summed E-state index contributed by atoms with van der Waals surface area (Å²) in [5.41, 5.74) is 0.638. The lowest BCUT2D eigenvalue weighted by atomic mass is 9.63. The highest BCUT2D eigenvalue weighted by molar-refractivity contribution is 5.91. The summed E-state index contributed by atoms with van der Waals surface area (Å²) < 4.78 is 33.9. The van der Waals surface area contributed by atoms with Crippen LogP contribution >= 0.6 is 0 Å². The average Bonchev–Trinajstić information content (AvgIpc) is 2.79. The van der Waals surface area contributed by atoms with Crippen molar-refractivity contribution in [2.45, 2.75) is 64.2 Å². The van der Waals surface area contributed by atoms with Crippen molar-refractivity contribution in [3.63, 3.8) is 0 Å². The Morgan fingerprint density at radius 2 is 1.81 bits per heavy atom. The van der Waals surface area contributed by atoms with E-state index in [-0.39, 0.29) is 28.6 Å². The van der Waals surface area contributed by atoms with Gasteiger partial charge in [0.1, 0.15) is 23.5 Å². The van der Waals surface area contributed by atoms with Crippen molar-refractivity contribution in [2.24, 2.45) is 17.8 Å². The number of carbonyl (C=O) groups excluding carboxylic acids is 1. The van der Waals surface area contributed by atoms with Crippen molar-refractivity contribution < 1.29 is 18.3 Å². The fourth-order valence-electron chi connectivity index (χ4n) is 5.74. The van der Waals surface area contributed by atoms with E-state index in [1.165, 1.54) is 50.3 Å². The largest absolute Gasteiger partial charge is 0.423 e. The Morgan fingerprint density at radius 1 is 1.03 bits per heavy atom. The fourth-order valence-corrected chi connectivity index (χ4v) is 5.74. The molecule has 4 atom stereocenters. The molecule has 168 valence electrons. The van der Waals surface area contributed by atoms with Crippen LogP contribution in [0.4, 0.5) is 8.78 Å². The number of carbonyl (C=O) groups is 1. The zero-order valence-electron chi connectivity index (χ0n) is 18.4. The summed E-state index contributed by atoms with van der Waals surface area (Å²) in [5.74, 6) is 0.595. The van der Waals surface area contributed by atoms with Gasteiger partial charge in [0.15, 0.2) is 0 Å². The van der Waals surface area contributed by atoms with E-state index < -0.39 is 11.8 Å². The molecule has 0 saturated heterocycles. The van der Waals surface area contributed by atoms with Crippen LogP contribution in [-0.2, 0) is 0 Å². The van der Waals surface area contributed by atoms with E-state index in [1.807, 2.05) is 0 Å². The number of hydrogen-bond acceptors (Lipinski definition) is 3. The normalized spacial score (nSPS) is 24.9. The molecule has 0 bridgehead atoms. The van der Waals surface area contributed by atoms with Crippen LogP contribution in [0.25, 0.3) is 0 Å². The van der Waals surface area contributed by atoms with Crippen molar-refractivity contribution in [1.29, 1.82) is 5.26 Å².